The number of carbonyl (C=O) groups is 1. The van der Waals surface area contributed by atoms with E-state index in [1.54, 1.807) is 20.8 Å². The van der Waals surface area contributed by atoms with Crippen molar-refractivity contribution in [1.29, 1.82) is 0 Å². The molecular formula is C15H21F2NO3. The van der Waals surface area contributed by atoms with Gasteiger partial charge in [-0.2, -0.15) is 0 Å². The molecule has 0 aromatic heterocycles. The van der Waals surface area contributed by atoms with E-state index in [2.05, 4.69) is 5.32 Å². The number of halogens is 2. The first kappa shape index (κ1) is 15.7. The Morgan fingerprint density at radius 2 is 2.00 bits per heavy atom. The first-order valence-electron chi connectivity index (χ1n) is 6.79. The maximum atomic E-state index is 13.2. The van der Waals surface area contributed by atoms with Crippen molar-refractivity contribution in [1.82, 2.24) is 5.32 Å². The lowest BCUT2D eigenvalue weighted by Crippen LogP contribution is -2.43. The lowest BCUT2D eigenvalue weighted by Gasteiger charge is -2.23. The number of hydrogen-bond acceptors (Lipinski definition) is 3. The second kappa shape index (κ2) is 5.97. The topological polar surface area (TPSA) is 50.9 Å². The molecule has 2 atom stereocenters. The first-order chi connectivity index (χ1) is 9.73. The molecule has 1 aromatic rings. The van der Waals surface area contributed by atoms with Gasteiger partial charge in [0.2, 0.25) is 0 Å². The second-order valence-corrected chi connectivity index (χ2v) is 6.11. The molecule has 0 bridgehead atoms. The van der Waals surface area contributed by atoms with E-state index in [0.717, 1.165) is 6.07 Å². The Kier molecular flexibility index (Phi) is 4.46. The van der Waals surface area contributed by atoms with Gasteiger partial charge in [0.15, 0.2) is 0 Å². The van der Waals surface area contributed by atoms with Crippen molar-refractivity contribution < 1.29 is 24.5 Å². The van der Waals surface area contributed by atoms with Crippen molar-refractivity contribution in [2.75, 3.05) is 6.61 Å². The fourth-order valence-corrected chi connectivity index (χ4v) is 2.00. The SMILES string of the molecule is CC(C)(C)OC(=O)N[C@@H](Cc1cc(F)cc(F)c1)C1CO1.[HH]. The number of ether oxygens (including phenoxy) is 2. The monoisotopic (exact) mass is 301 g/mol. The van der Waals surface area contributed by atoms with Crippen LogP contribution in [0.2, 0.25) is 0 Å². The highest BCUT2D eigenvalue weighted by molar-refractivity contribution is 5.68. The van der Waals surface area contributed by atoms with Gasteiger partial charge in [-0.15, -0.1) is 0 Å². The summed E-state index contributed by atoms with van der Waals surface area (Å²) in [6.45, 7) is 5.80. The van der Waals surface area contributed by atoms with Gasteiger partial charge in [-0.25, -0.2) is 13.6 Å². The van der Waals surface area contributed by atoms with Crippen molar-refractivity contribution in [3.63, 3.8) is 0 Å². The lowest BCUT2D eigenvalue weighted by atomic mass is 10.0. The average molecular weight is 301 g/mol. The number of carbonyl (C=O) groups excluding carboxylic acids is 1. The summed E-state index contributed by atoms with van der Waals surface area (Å²) in [7, 11) is 0. The Morgan fingerprint density at radius 1 is 1.43 bits per heavy atom. The van der Waals surface area contributed by atoms with E-state index in [1.807, 2.05) is 0 Å². The molecule has 1 saturated heterocycles. The Balaban J connectivity index is 0.00000242. The minimum absolute atomic E-state index is 0. The molecule has 21 heavy (non-hydrogen) atoms. The van der Waals surface area contributed by atoms with Crippen LogP contribution in [0.4, 0.5) is 13.6 Å². The van der Waals surface area contributed by atoms with Crippen LogP contribution in [0.25, 0.3) is 0 Å². The van der Waals surface area contributed by atoms with Gasteiger partial charge in [0.05, 0.1) is 12.6 Å². The third kappa shape index (κ3) is 5.30. The van der Waals surface area contributed by atoms with Gasteiger partial charge in [0.25, 0.3) is 0 Å². The Morgan fingerprint density at radius 3 is 2.48 bits per heavy atom. The number of amides is 1. The smallest absolute Gasteiger partial charge is 0.407 e. The van der Waals surface area contributed by atoms with Crippen molar-refractivity contribution >= 4 is 6.09 Å². The second-order valence-electron chi connectivity index (χ2n) is 6.11. The molecule has 1 N–H and O–H groups in total. The van der Waals surface area contributed by atoms with Crippen molar-refractivity contribution in [2.45, 2.75) is 44.9 Å². The fourth-order valence-electron chi connectivity index (χ4n) is 2.00. The Labute approximate surface area is 123 Å². The standard InChI is InChI=1S/C15H19F2NO3.H2/c1-15(2,3)21-14(19)18-12(13-8-20-13)6-9-4-10(16)7-11(17)5-9;/h4-5,7,12-13H,6,8H2,1-3H3,(H,18,19);1H/t12-,13?;/m0./s1. The number of epoxide rings is 1. The third-order valence-electron chi connectivity index (χ3n) is 2.89. The fraction of sp³-hybridized carbons (Fsp3) is 0.533. The van der Waals surface area contributed by atoms with Gasteiger partial charge in [-0.3, -0.25) is 0 Å². The quantitative estimate of drug-likeness (QED) is 0.870. The Bertz CT molecular complexity index is 510. The summed E-state index contributed by atoms with van der Waals surface area (Å²) in [4.78, 5) is 11.8. The molecule has 1 amide bonds. The number of alkyl carbamates (subject to hydrolysis) is 1. The van der Waals surface area contributed by atoms with Crippen LogP contribution in [0, 0.1) is 11.6 Å². The van der Waals surface area contributed by atoms with Gasteiger partial charge >= 0.3 is 6.09 Å². The summed E-state index contributed by atoms with van der Waals surface area (Å²) in [5.41, 5.74) is -0.145. The maximum absolute atomic E-state index is 13.2. The largest absolute Gasteiger partial charge is 0.444 e. The summed E-state index contributed by atoms with van der Waals surface area (Å²) in [6, 6.07) is 2.93. The summed E-state index contributed by atoms with van der Waals surface area (Å²) in [6.07, 6.45) is -0.442. The first-order valence-corrected chi connectivity index (χ1v) is 6.79. The zero-order valence-corrected chi connectivity index (χ0v) is 12.3. The van der Waals surface area contributed by atoms with Crippen LogP contribution in [-0.4, -0.2) is 30.4 Å². The van der Waals surface area contributed by atoms with E-state index < -0.39 is 23.3 Å². The predicted octanol–water partition coefficient (Wildman–Crippen LogP) is 3.05. The van der Waals surface area contributed by atoms with Crippen LogP contribution in [-0.2, 0) is 15.9 Å². The van der Waals surface area contributed by atoms with Crippen LogP contribution in [0.1, 0.15) is 27.8 Å². The molecule has 1 aliphatic rings. The van der Waals surface area contributed by atoms with E-state index in [4.69, 9.17) is 9.47 Å². The van der Waals surface area contributed by atoms with Gasteiger partial charge in [0.1, 0.15) is 23.3 Å². The molecule has 0 spiro atoms. The minimum Gasteiger partial charge on any atom is -0.444 e. The summed E-state index contributed by atoms with van der Waals surface area (Å²) >= 11 is 0. The van der Waals surface area contributed by atoms with Gasteiger partial charge in [0, 0.05) is 7.49 Å². The molecule has 1 heterocycles. The normalized spacial score (nSPS) is 19.0. The van der Waals surface area contributed by atoms with Gasteiger partial charge < -0.3 is 14.8 Å². The molecule has 0 radical (unpaired) electrons. The predicted molar refractivity (Wildman–Crippen MR) is 75.1 cm³/mol. The maximum Gasteiger partial charge on any atom is 0.407 e. The van der Waals surface area contributed by atoms with E-state index in [1.165, 1.54) is 12.1 Å². The van der Waals surface area contributed by atoms with Gasteiger partial charge in [-0.05, 0) is 44.9 Å². The van der Waals surface area contributed by atoms with Crippen molar-refractivity contribution in [2.24, 2.45) is 0 Å². The molecular weight excluding hydrogens is 280 g/mol. The molecule has 1 unspecified atom stereocenters. The van der Waals surface area contributed by atoms with Crippen LogP contribution >= 0.6 is 0 Å². The molecule has 1 aromatic carbocycles. The average Bonchev–Trinajstić information content (AvgIpc) is 3.06. The van der Waals surface area contributed by atoms with Gasteiger partial charge in [-0.1, -0.05) is 0 Å². The highest BCUT2D eigenvalue weighted by atomic mass is 19.1. The molecule has 0 aliphatic carbocycles. The number of nitrogens with one attached hydrogen (secondary N) is 1. The lowest BCUT2D eigenvalue weighted by molar-refractivity contribution is 0.0495. The number of benzene rings is 1. The highest BCUT2D eigenvalue weighted by Crippen LogP contribution is 2.20. The molecule has 2 rings (SSSR count). The van der Waals surface area contributed by atoms with Crippen molar-refractivity contribution in [3.8, 4) is 0 Å². The Hall–Kier alpha value is -1.69. The highest BCUT2D eigenvalue weighted by Gasteiger charge is 2.35. The molecule has 1 fully saturated rings. The molecule has 4 nitrogen and oxygen atoms in total. The molecule has 0 saturated carbocycles. The molecule has 118 valence electrons. The zero-order valence-electron chi connectivity index (χ0n) is 12.3. The van der Waals surface area contributed by atoms with E-state index in [-0.39, 0.29) is 20.0 Å². The van der Waals surface area contributed by atoms with E-state index in [0.29, 0.717) is 12.2 Å². The summed E-state index contributed by atoms with van der Waals surface area (Å²) < 4.78 is 36.7. The number of hydrogen-bond donors (Lipinski definition) is 1. The van der Waals surface area contributed by atoms with Crippen molar-refractivity contribution in [3.05, 3.63) is 35.4 Å². The minimum atomic E-state index is -0.641. The number of rotatable bonds is 4. The van der Waals surface area contributed by atoms with E-state index in [9.17, 15) is 13.6 Å². The van der Waals surface area contributed by atoms with E-state index >= 15 is 0 Å². The summed E-state index contributed by atoms with van der Waals surface area (Å²) in [5.74, 6) is -1.28. The zero-order chi connectivity index (χ0) is 15.6. The third-order valence-corrected chi connectivity index (χ3v) is 2.89. The van der Waals surface area contributed by atoms with Crippen LogP contribution in [0.3, 0.4) is 0 Å². The molecule has 6 heteroatoms. The van der Waals surface area contributed by atoms with Crippen LogP contribution in [0.15, 0.2) is 18.2 Å². The summed E-state index contributed by atoms with van der Waals surface area (Å²) in [5, 5.41) is 2.69. The molecule has 1 aliphatic heterocycles. The van der Waals surface area contributed by atoms with Crippen LogP contribution < -0.4 is 5.32 Å². The van der Waals surface area contributed by atoms with Crippen LogP contribution in [0.5, 0.6) is 0 Å².